The number of hydrogen-bond acceptors (Lipinski definition) is 3. The van der Waals surface area contributed by atoms with Gasteiger partial charge in [-0.15, -0.1) is 0 Å². The second-order valence-electron chi connectivity index (χ2n) is 5.69. The summed E-state index contributed by atoms with van der Waals surface area (Å²) in [4.78, 5) is 11.8. The van der Waals surface area contributed by atoms with Crippen LogP contribution in [0.25, 0.3) is 0 Å². The Hall–Kier alpha value is -1.75. The van der Waals surface area contributed by atoms with E-state index in [1.165, 1.54) is 0 Å². The minimum atomic E-state index is -0.512. The van der Waals surface area contributed by atoms with Crippen molar-refractivity contribution in [1.29, 1.82) is 0 Å². The van der Waals surface area contributed by atoms with Gasteiger partial charge < -0.3 is 20.5 Å². The second-order valence-corrected chi connectivity index (χ2v) is 5.69. The summed E-state index contributed by atoms with van der Waals surface area (Å²) in [5, 5.41) is 15.4. The van der Waals surface area contributed by atoms with Gasteiger partial charge in [-0.25, -0.2) is 4.79 Å². The Balaban J connectivity index is 2.40. The highest BCUT2D eigenvalue weighted by Crippen LogP contribution is 2.25. The number of hydrogen-bond donors (Lipinski definition) is 3. The first kappa shape index (κ1) is 18.3. The second kappa shape index (κ2) is 9.30. The van der Waals surface area contributed by atoms with E-state index in [1.807, 2.05) is 45.0 Å². The molecule has 2 amide bonds. The first-order valence-corrected chi connectivity index (χ1v) is 7.82. The van der Waals surface area contributed by atoms with Crippen molar-refractivity contribution in [2.45, 2.75) is 39.2 Å². The predicted molar refractivity (Wildman–Crippen MR) is 88.3 cm³/mol. The van der Waals surface area contributed by atoms with Crippen molar-refractivity contribution in [3.8, 4) is 5.75 Å². The zero-order valence-corrected chi connectivity index (χ0v) is 13.9. The standard InChI is InChI=1S/C17H28N2O3/c1-5-12(2)15(20)11-19-17(21)18-10-13(3)14-8-6-7-9-16(14)22-4/h6-9,12-13,15,20H,5,10-11H2,1-4H3,(H2,18,19,21). The summed E-state index contributed by atoms with van der Waals surface area (Å²) in [7, 11) is 1.64. The smallest absolute Gasteiger partial charge is 0.314 e. The van der Waals surface area contributed by atoms with Gasteiger partial charge in [0.2, 0.25) is 0 Å². The number of amides is 2. The number of benzene rings is 1. The number of urea groups is 1. The number of nitrogens with one attached hydrogen (secondary N) is 2. The van der Waals surface area contributed by atoms with Gasteiger partial charge >= 0.3 is 6.03 Å². The molecule has 3 N–H and O–H groups in total. The Morgan fingerprint density at radius 2 is 1.86 bits per heavy atom. The molecule has 1 aromatic carbocycles. The lowest BCUT2D eigenvalue weighted by Gasteiger charge is -2.19. The van der Waals surface area contributed by atoms with Crippen molar-refractivity contribution < 1.29 is 14.6 Å². The fraction of sp³-hybridized carbons (Fsp3) is 0.588. The molecule has 124 valence electrons. The van der Waals surface area contributed by atoms with Crippen LogP contribution < -0.4 is 15.4 Å². The van der Waals surface area contributed by atoms with Crippen molar-refractivity contribution in [1.82, 2.24) is 10.6 Å². The van der Waals surface area contributed by atoms with Gasteiger partial charge in [0.05, 0.1) is 13.2 Å². The highest BCUT2D eigenvalue weighted by atomic mass is 16.5. The molecular weight excluding hydrogens is 280 g/mol. The van der Waals surface area contributed by atoms with E-state index in [-0.39, 0.29) is 24.4 Å². The van der Waals surface area contributed by atoms with E-state index in [1.54, 1.807) is 7.11 Å². The van der Waals surface area contributed by atoms with E-state index < -0.39 is 6.10 Å². The molecule has 0 saturated heterocycles. The van der Waals surface area contributed by atoms with Gasteiger partial charge in [0.25, 0.3) is 0 Å². The zero-order chi connectivity index (χ0) is 16.5. The summed E-state index contributed by atoms with van der Waals surface area (Å²) in [6.07, 6.45) is 0.373. The molecule has 0 aliphatic rings. The van der Waals surface area contributed by atoms with E-state index in [0.29, 0.717) is 6.54 Å². The Kier molecular flexibility index (Phi) is 7.74. The SMILES string of the molecule is CCC(C)C(O)CNC(=O)NCC(C)c1ccccc1OC. The third-order valence-corrected chi connectivity index (χ3v) is 4.01. The topological polar surface area (TPSA) is 70.6 Å². The van der Waals surface area contributed by atoms with Crippen LogP contribution in [0.1, 0.15) is 38.7 Å². The van der Waals surface area contributed by atoms with Crippen LogP contribution in [-0.4, -0.2) is 37.4 Å². The lowest BCUT2D eigenvalue weighted by Crippen LogP contribution is -2.42. The van der Waals surface area contributed by atoms with Crippen molar-refractivity contribution in [3.63, 3.8) is 0 Å². The molecule has 5 heteroatoms. The van der Waals surface area contributed by atoms with E-state index >= 15 is 0 Å². The molecule has 0 aliphatic carbocycles. The molecule has 3 atom stereocenters. The van der Waals surface area contributed by atoms with Crippen LogP contribution in [0.5, 0.6) is 5.75 Å². The Labute approximate surface area is 133 Å². The number of aliphatic hydroxyl groups is 1. The van der Waals surface area contributed by atoms with Crippen LogP contribution in [0.2, 0.25) is 0 Å². The molecule has 5 nitrogen and oxygen atoms in total. The molecular formula is C17H28N2O3. The number of carbonyl (C=O) groups is 1. The fourth-order valence-electron chi connectivity index (χ4n) is 2.16. The summed E-state index contributed by atoms with van der Waals surface area (Å²) >= 11 is 0. The number of carbonyl (C=O) groups excluding carboxylic acids is 1. The van der Waals surface area contributed by atoms with Gasteiger partial charge in [-0.3, -0.25) is 0 Å². The lowest BCUT2D eigenvalue weighted by molar-refractivity contribution is 0.114. The highest BCUT2D eigenvalue weighted by Gasteiger charge is 2.15. The predicted octanol–water partition coefficient (Wildman–Crippen LogP) is 2.50. The van der Waals surface area contributed by atoms with Gasteiger partial charge in [0, 0.05) is 19.0 Å². The van der Waals surface area contributed by atoms with Crippen molar-refractivity contribution in [2.24, 2.45) is 5.92 Å². The third kappa shape index (κ3) is 5.56. The van der Waals surface area contributed by atoms with Crippen LogP contribution in [0.4, 0.5) is 4.79 Å². The van der Waals surface area contributed by atoms with Crippen LogP contribution in [-0.2, 0) is 0 Å². The van der Waals surface area contributed by atoms with Crippen molar-refractivity contribution >= 4 is 6.03 Å². The first-order valence-electron chi connectivity index (χ1n) is 7.82. The van der Waals surface area contributed by atoms with Gasteiger partial charge in [-0.2, -0.15) is 0 Å². The fourth-order valence-corrected chi connectivity index (χ4v) is 2.16. The van der Waals surface area contributed by atoms with Crippen molar-refractivity contribution in [2.75, 3.05) is 20.2 Å². The summed E-state index contributed by atoms with van der Waals surface area (Å²) in [6, 6.07) is 7.52. The maximum Gasteiger partial charge on any atom is 0.314 e. The molecule has 0 bridgehead atoms. The quantitative estimate of drug-likeness (QED) is 0.691. The Morgan fingerprint density at radius 1 is 1.23 bits per heavy atom. The number of rotatable bonds is 8. The first-order chi connectivity index (χ1) is 10.5. The molecule has 0 heterocycles. The highest BCUT2D eigenvalue weighted by molar-refractivity contribution is 5.73. The molecule has 1 aromatic rings. The maximum absolute atomic E-state index is 11.8. The average molecular weight is 308 g/mol. The lowest BCUT2D eigenvalue weighted by atomic mass is 10.0. The van der Waals surface area contributed by atoms with Gasteiger partial charge in [0.1, 0.15) is 5.75 Å². The van der Waals surface area contributed by atoms with E-state index in [0.717, 1.165) is 17.7 Å². The van der Waals surface area contributed by atoms with Crippen LogP contribution >= 0.6 is 0 Å². The van der Waals surface area contributed by atoms with Gasteiger partial charge in [0.15, 0.2) is 0 Å². The average Bonchev–Trinajstić information content (AvgIpc) is 2.56. The normalized spacial score (nSPS) is 14.8. The summed E-state index contributed by atoms with van der Waals surface area (Å²) in [6.45, 7) is 6.79. The van der Waals surface area contributed by atoms with E-state index in [9.17, 15) is 9.90 Å². The molecule has 1 rings (SSSR count). The van der Waals surface area contributed by atoms with Crippen LogP contribution in [0, 0.1) is 5.92 Å². The zero-order valence-electron chi connectivity index (χ0n) is 13.9. The van der Waals surface area contributed by atoms with E-state index in [4.69, 9.17) is 4.74 Å². The number of para-hydroxylation sites is 1. The number of methoxy groups -OCH3 is 1. The van der Waals surface area contributed by atoms with Gasteiger partial charge in [-0.05, 0) is 17.5 Å². The molecule has 0 fully saturated rings. The minimum absolute atomic E-state index is 0.140. The molecule has 0 aliphatic heterocycles. The molecule has 22 heavy (non-hydrogen) atoms. The monoisotopic (exact) mass is 308 g/mol. The van der Waals surface area contributed by atoms with Crippen molar-refractivity contribution in [3.05, 3.63) is 29.8 Å². The summed E-state index contributed by atoms with van der Waals surface area (Å²) in [5.74, 6) is 1.14. The molecule has 0 aromatic heterocycles. The minimum Gasteiger partial charge on any atom is -0.496 e. The van der Waals surface area contributed by atoms with Crippen LogP contribution in [0.3, 0.4) is 0 Å². The molecule has 0 radical (unpaired) electrons. The van der Waals surface area contributed by atoms with E-state index in [2.05, 4.69) is 10.6 Å². The van der Waals surface area contributed by atoms with Crippen LogP contribution in [0.15, 0.2) is 24.3 Å². The number of ether oxygens (including phenoxy) is 1. The Bertz CT molecular complexity index is 465. The molecule has 0 spiro atoms. The Morgan fingerprint density at radius 3 is 2.50 bits per heavy atom. The summed E-state index contributed by atoms with van der Waals surface area (Å²) < 4.78 is 5.33. The largest absolute Gasteiger partial charge is 0.496 e. The molecule has 3 unspecified atom stereocenters. The maximum atomic E-state index is 11.8. The number of aliphatic hydroxyl groups excluding tert-OH is 1. The third-order valence-electron chi connectivity index (χ3n) is 4.01. The van der Waals surface area contributed by atoms with Gasteiger partial charge in [-0.1, -0.05) is 45.4 Å². The summed E-state index contributed by atoms with van der Waals surface area (Å²) in [5.41, 5.74) is 1.06. The molecule has 0 saturated carbocycles.